The van der Waals surface area contributed by atoms with Crippen LogP contribution in [0.2, 0.25) is 5.02 Å². The van der Waals surface area contributed by atoms with E-state index in [2.05, 4.69) is 15.3 Å². The van der Waals surface area contributed by atoms with Crippen molar-refractivity contribution in [1.29, 1.82) is 0 Å². The number of aromatic amines is 1. The van der Waals surface area contributed by atoms with Gasteiger partial charge in [-0.1, -0.05) is 11.6 Å². The lowest BCUT2D eigenvalue weighted by Crippen LogP contribution is -2.38. The third-order valence-electron chi connectivity index (χ3n) is 3.52. The second-order valence-corrected chi connectivity index (χ2v) is 5.48. The van der Waals surface area contributed by atoms with Crippen molar-refractivity contribution in [3.05, 3.63) is 47.0 Å². The van der Waals surface area contributed by atoms with Crippen molar-refractivity contribution in [3.8, 4) is 5.75 Å². The van der Waals surface area contributed by atoms with Gasteiger partial charge in [-0.3, -0.25) is 4.79 Å². The summed E-state index contributed by atoms with van der Waals surface area (Å²) in [5.41, 5.74) is 0.986. The molecule has 5 nitrogen and oxygen atoms in total. The van der Waals surface area contributed by atoms with Gasteiger partial charge < -0.3 is 15.0 Å². The second kappa shape index (κ2) is 6.18. The fourth-order valence-corrected chi connectivity index (χ4v) is 2.61. The van der Waals surface area contributed by atoms with E-state index < -0.39 is 0 Å². The first-order chi connectivity index (χ1) is 10.2. The molecule has 110 valence electrons. The van der Waals surface area contributed by atoms with Crippen LogP contribution in [0.15, 0.2) is 30.6 Å². The van der Waals surface area contributed by atoms with E-state index in [0.29, 0.717) is 31.0 Å². The number of fused-ring (bicyclic) bond motifs is 1. The van der Waals surface area contributed by atoms with E-state index in [-0.39, 0.29) is 11.8 Å². The maximum Gasteiger partial charge on any atom is 0.226 e. The van der Waals surface area contributed by atoms with Crippen LogP contribution in [0.1, 0.15) is 11.4 Å². The quantitative estimate of drug-likeness (QED) is 0.907. The molecule has 0 unspecified atom stereocenters. The number of aromatic nitrogens is 2. The third-order valence-corrected chi connectivity index (χ3v) is 3.75. The first-order valence-electron chi connectivity index (χ1n) is 6.89. The number of halogens is 1. The summed E-state index contributed by atoms with van der Waals surface area (Å²) in [5.74, 6) is 1.52. The molecule has 21 heavy (non-hydrogen) atoms. The first-order valence-corrected chi connectivity index (χ1v) is 7.27. The van der Waals surface area contributed by atoms with E-state index in [4.69, 9.17) is 16.3 Å². The summed E-state index contributed by atoms with van der Waals surface area (Å²) < 4.78 is 5.63. The van der Waals surface area contributed by atoms with Crippen LogP contribution in [0.5, 0.6) is 5.75 Å². The van der Waals surface area contributed by atoms with Crippen molar-refractivity contribution < 1.29 is 9.53 Å². The number of carbonyl (C=O) groups excluding carboxylic acids is 1. The lowest BCUT2D eigenvalue weighted by atomic mass is 9.96. The predicted molar refractivity (Wildman–Crippen MR) is 79.4 cm³/mol. The monoisotopic (exact) mass is 305 g/mol. The third kappa shape index (κ3) is 3.36. The van der Waals surface area contributed by atoms with Gasteiger partial charge in [0.25, 0.3) is 0 Å². The number of benzene rings is 1. The molecule has 0 bridgehead atoms. The Morgan fingerprint density at radius 1 is 1.52 bits per heavy atom. The van der Waals surface area contributed by atoms with Crippen LogP contribution in [0.25, 0.3) is 0 Å². The maximum absolute atomic E-state index is 12.2. The van der Waals surface area contributed by atoms with Gasteiger partial charge in [-0.05, 0) is 30.2 Å². The maximum atomic E-state index is 12.2. The zero-order chi connectivity index (χ0) is 14.7. The van der Waals surface area contributed by atoms with Crippen molar-refractivity contribution in [2.45, 2.75) is 12.8 Å². The molecule has 2 heterocycles. The average Bonchev–Trinajstić information content (AvgIpc) is 2.99. The second-order valence-electron chi connectivity index (χ2n) is 5.04. The topological polar surface area (TPSA) is 67.0 Å². The fraction of sp³-hybridized carbons (Fsp3) is 0.333. The van der Waals surface area contributed by atoms with E-state index in [1.54, 1.807) is 18.5 Å². The zero-order valence-corrected chi connectivity index (χ0v) is 12.2. The molecule has 0 aliphatic carbocycles. The minimum Gasteiger partial charge on any atom is -0.492 e. The van der Waals surface area contributed by atoms with Gasteiger partial charge in [-0.15, -0.1) is 0 Å². The summed E-state index contributed by atoms with van der Waals surface area (Å²) in [6.45, 7) is 0.965. The van der Waals surface area contributed by atoms with Crippen LogP contribution >= 0.6 is 11.6 Å². The number of rotatable bonds is 4. The van der Waals surface area contributed by atoms with E-state index >= 15 is 0 Å². The molecule has 2 aromatic rings. The van der Waals surface area contributed by atoms with E-state index in [1.165, 1.54) is 0 Å². The Hall–Kier alpha value is -2.01. The highest BCUT2D eigenvalue weighted by Gasteiger charge is 2.25. The number of nitrogens with zero attached hydrogens (tertiary/aromatic N) is 1. The first kappa shape index (κ1) is 13.9. The number of amides is 1. The molecule has 1 aliphatic heterocycles. The summed E-state index contributed by atoms with van der Waals surface area (Å²) in [6, 6.07) is 5.51. The SMILES string of the molecule is O=C(NCCc1ncc[nH]1)[C@@H]1COc2ccc(Cl)cc2C1. The lowest BCUT2D eigenvalue weighted by molar-refractivity contribution is -0.126. The minimum absolute atomic E-state index is 0.00665. The molecule has 2 N–H and O–H groups in total. The largest absolute Gasteiger partial charge is 0.492 e. The molecule has 0 spiro atoms. The van der Waals surface area contributed by atoms with Gasteiger partial charge >= 0.3 is 0 Å². The molecule has 0 fully saturated rings. The summed E-state index contributed by atoms with van der Waals surface area (Å²) in [7, 11) is 0. The number of imidazole rings is 1. The van der Waals surface area contributed by atoms with E-state index in [1.807, 2.05) is 12.1 Å². The van der Waals surface area contributed by atoms with Gasteiger partial charge in [0.05, 0.1) is 5.92 Å². The standard InChI is InChI=1S/C15H16ClN3O2/c16-12-1-2-13-10(8-12)7-11(9-21-13)15(20)19-4-3-14-17-5-6-18-14/h1-2,5-6,8,11H,3-4,7,9H2,(H,17,18)(H,19,20)/t11-/m0/s1. The highest BCUT2D eigenvalue weighted by molar-refractivity contribution is 6.30. The van der Waals surface area contributed by atoms with Crippen molar-refractivity contribution in [1.82, 2.24) is 15.3 Å². The number of nitrogens with one attached hydrogen (secondary N) is 2. The molecule has 1 aromatic carbocycles. The van der Waals surface area contributed by atoms with Crippen molar-refractivity contribution in [3.63, 3.8) is 0 Å². The predicted octanol–water partition coefficient (Wildman–Crippen LogP) is 1.97. The van der Waals surface area contributed by atoms with Crippen LogP contribution < -0.4 is 10.1 Å². The minimum atomic E-state index is -0.174. The number of H-pyrrole nitrogens is 1. The summed E-state index contributed by atoms with van der Waals surface area (Å²) in [5, 5.41) is 3.59. The Balaban J connectivity index is 1.54. The molecular weight excluding hydrogens is 290 g/mol. The van der Waals surface area contributed by atoms with Gasteiger partial charge in [0.15, 0.2) is 0 Å². The molecule has 0 saturated carbocycles. The van der Waals surface area contributed by atoms with Gasteiger partial charge in [-0.25, -0.2) is 4.98 Å². The van der Waals surface area contributed by atoms with Crippen LogP contribution in [-0.2, 0) is 17.6 Å². The van der Waals surface area contributed by atoms with Crippen LogP contribution in [0.3, 0.4) is 0 Å². The average molecular weight is 306 g/mol. The van der Waals surface area contributed by atoms with Gasteiger partial charge in [0.1, 0.15) is 18.2 Å². The number of hydrogen-bond donors (Lipinski definition) is 2. The zero-order valence-electron chi connectivity index (χ0n) is 11.4. The molecular formula is C15H16ClN3O2. The van der Waals surface area contributed by atoms with E-state index in [9.17, 15) is 4.79 Å². The number of hydrogen-bond acceptors (Lipinski definition) is 3. The highest BCUT2D eigenvalue weighted by Crippen LogP contribution is 2.29. The number of carbonyl (C=O) groups is 1. The van der Waals surface area contributed by atoms with Crippen LogP contribution in [0.4, 0.5) is 0 Å². The number of ether oxygens (including phenoxy) is 1. The van der Waals surface area contributed by atoms with Gasteiger partial charge in [-0.2, -0.15) is 0 Å². The molecule has 3 rings (SSSR count). The van der Waals surface area contributed by atoms with Crippen LogP contribution in [0, 0.1) is 5.92 Å². The summed E-state index contributed by atoms with van der Waals surface area (Å²) in [6.07, 6.45) is 4.82. The van der Waals surface area contributed by atoms with E-state index in [0.717, 1.165) is 17.1 Å². The Morgan fingerprint density at radius 3 is 3.24 bits per heavy atom. The molecule has 0 radical (unpaired) electrons. The van der Waals surface area contributed by atoms with Crippen molar-refractivity contribution >= 4 is 17.5 Å². The Bertz CT molecular complexity index is 628. The van der Waals surface area contributed by atoms with Crippen molar-refractivity contribution in [2.24, 2.45) is 5.92 Å². The molecule has 1 aliphatic rings. The Morgan fingerprint density at radius 2 is 2.43 bits per heavy atom. The highest BCUT2D eigenvalue weighted by atomic mass is 35.5. The molecule has 6 heteroatoms. The molecule has 1 aromatic heterocycles. The van der Waals surface area contributed by atoms with Gasteiger partial charge in [0, 0.05) is 30.4 Å². The van der Waals surface area contributed by atoms with Crippen LogP contribution in [-0.4, -0.2) is 29.0 Å². The van der Waals surface area contributed by atoms with Gasteiger partial charge in [0.2, 0.25) is 5.91 Å². The Labute approximate surface area is 127 Å². The lowest BCUT2D eigenvalue weighted by Gasteiger charge is -2.24. The fourth-order valence-electron chi connectivity index (χ4n) is 2.41. The Kier molecular flexibility index (Phi) is 4.10. The molecule has 1 atom stereocenters. The normalized spacial score (nSPS) is 16.9. The van der Waals surface area contributed by atoms with Crippen molar-refractivity contribution in [2.75, 3.05) is 13.2 Å². The molecule has 0 saturated heterocycles. The smallest absolute Gasteiger partial charge is 0.226 e. The summed E-state index contributed by atoms with van der Waals surface area (Å²) in [4.78, 5) is 19.3. The summed E-state index contributed by atoms with van der Waals surface area (Å²) >= 11 is 5.98. The molecule has 1 amide bonds.